The van der Waals surface area contributed by atoms with Gasteiger partial charge in [-0.15, -0.1) is 11.6 Å². The lowest BCUT2D eigenvalue weighted by Gasteiger charge is -2.28. The molecular weight excluding hydrogens is 222 g/mol. The van der Waals surface area contributed by atoms with E-state index in [4.69, 9.17) is 11.6 Å². The van der Waals surface area contributed by atoms with E-state index in [1.54, 1.807) is 0 Å². The largest absolute Gasteiger partial charge is 0.353 e. The van der Waals surface area contributed by atoms with Crippen LogP contribution in [0.4, 0.5) is 0 Å². The number of halogens is 1. The first kappa shape index (κ1) is 13.8. The highest BCUT2D eigenvalue weighted by Crippen LogP contribution is 2.27. The number of alkyl halides is 1. The maximum Gasteiger partial charge on any atom is 0.220 e. The van der Waals surface area contributed by atoms with Crippen molar-refractivity contribution in [2.75, 3.05) is 5.88 Å². The fourth-order valence-electron chi connectivity index (χ4n) is 2.53. The Balaban J connectivity index is 2.14. The highest BCUT2D eigenvalue weighted by atomic mass is 35.5. The molecule has 0 heterocycles. The van der Waals surface area contributed by atoms with Crippen LogP contribution in [0.2, 0.25) is 0 Å². The first-order chi connectivity index (χ1) is 7.76. The molecule has 16 heavy (non-hydrogen) atoms. The van der Waals surface area contributed by atoms with Crippen molar-refractivity contribution in [3.8, 4) is 0 Å². The van der Waals surface area contributed by atoms with Crippen LogP contribution in [0.15, 0.2) is 0 Å². The molecule has 3 heteroatoms. The van der Waals surface area contributed by atoms with Gasteiger partial charge in [-0.1, -0.05) is 19.8 Å². The molecule has 0 aromatic heterocycles. The maximum atomic E-state index is 11.5. The van der Waals surface area contributed by atoms with Crippen LogP contribution in [0.25, 0.3) is 0 Å². The third-order valence-electron chi connectivity index (χ3n) is 3.45. The summed E-state index contributed by atoms with van der Waals surface area (Å²) in [4.78, 5) is 11.5. The molecule has 1 aliphatic carbocycles. The van der Waals surface area contributed by atoms with Gasteiger partial charge in [-0.25, -0.2) is 0 Å². The Hall–Kier alpha value is -0.240. The molecule has 94 valence electrons. The van der Waals surface area contributed by atoms with Gasteiger partial charge in [0.15, 0.2) is 0 Å². The lowest BCUT2D eigenvalue weighted by Crippen LogP contribution is -2.37. The van der Waals surface area contributed by atoms with Crippen LogP contribution in [-0.2, 0) is 4.79 Å². The van der Waals surface area contributed by atoms with E-state index in [-0.39, 0.29) is 5.91 Å². The first-order valence-electron chi connectivity index (χ1n) is 6.61. The number of nitrogens with one attached hydrogen (secondary N) is 1. The molecule has 1 rings (SSSR count). The van der Waals surface area contributed by atoms with Crippen molar-refractivity contribution in [2.45, 2.75) is 64.3 Å². The van der Waals surface area contributed by atoms with Gasteiger partial charge in [0.2, 0.25) is 5.91 Å². The van der Waals surface area contributed by atoms with Gasteiger partial charge in [-0.05, 0) is 38.0 Å². The predicted octanol–water partition coefficient (Wildman–Crippen LogP) is 3.48. The van der Waals surface area contributed by atoms with Gasteiger partial charge in [0.1, 0.15) is 0 Å². The Labute approximate surface area is 104 Å². The van der Waals surface area contributed by atoms with Crippen molar-refractivity contribution in [3.05, 3.63) is 0 Å². The monoisotopic (exact) mass is 245 g/mol. The van der Waals surface area contributed by atoms with Crippen LogP contribution < -0.4 is 5.32 Å². The Morgan fingerprint density at radius 1 is 1.31 bits per heavy atom. The Morgan fingerprint density at radius 2 is 2.00 bits per heavy atom. The molecule has 1 fully saturated rings. The average Bonchev–Trinajstić information content (AvgIpc) is 2.29. The van der Waals surface area contributed by atoms with Gasteiger partial charge < -0.3 is 5.32 Å². The summed E-state index contributed by atoms with van der Waals surface area (Å²) in [6, 6.07) is 0.427. The minimum Gasteiger partial charge on any atom is -0.353 e. The summed E-state index contributed by atoms with van der Waals surface area (Å²) in [5.41, 5.74) is 0. The number of carbonyl (C=O) groups excluding carboxylic acids is 1. The zero-order chi connectivity index (χ0) is 11.8. The van der Waals surface area contributed by atoms with Gasteiger partial charge in [-0.2, -0.15) is 0 Å². The van der Waals surface area contributed by atoms with Crippen molar-refractivity contribution in [2.24, 2.45) is 5.92 Å². The molecule has 0 radical (unpaired) electrons. The normalized spacial score (nSPS) is 25.4. The topological polar surface area (TPSA) is 29.1 Å². The van der Waals surface area contributed by atoms with E-state index in [1.165, 1.54) is 25.7 Å². The van der Waals surface area contributed by atoms with E-state index in [2.05, 4.69) is 12.2 Å². The van der Waals surface area contributed by atoms with E-state index >= 15 is 0 Å². The molecule has 1 N–H and O–H groups in total. The van der Waals surface area contributed by atoms with Gasteiger partial charge in [0.05, 0.1) is 0 Å². The van der Waals surface area contributed by atoms with Gasteiger partial charge in [-0.3, -0.25) is 4.79 Å². The van der Waals surface area contributed by atoms with Crippen LogP contribution in [0, 0.1) is 5.92 Å². The minimum absolute atomic E-state index is 0.180. The molecule has 0 saturated heterocycles. The van der Waals surface area contributed by atoms with Gasteiger partial charge >= 0.3 is 0 Å². The number of rotatable bonds is 6. The van der Waals surface area contributed by atoms with Crippen molar-refractivity contribution >= 4 is 17.5 Å². The van der Waals surface area contributed by atoms with Crippen molar-refractivity contribution in [1.82, 2.24) is 5.32 Å². The molecule has 0 atom stereocenters. The van der Waals surface area contributed by atoms with E-state index < -0.39 is 0 Å². The summed E-state index contributed by atoms with van der Waals surface area (Å²) in [5, 5.41) is 3.12. The quantitative estimate of drug-likeness (QED) is 0.714. The molecule has 1 aliphatic rings. The van der Waals surface area contributed by atoms with E-state index in [9.17, 15) is 4.79 Å². The second-order valence-corrected chi connectivity index (χ2v) is 5.24. The fourth-order valence-corrected chi connectivity index (χ4v) is 2.66. The molecule has 0 spiro atoms. The first-order valence-corrected chi connectivity index (χ1v) is 7.15. The lowest BCUT2D eigenvalue weighted by molar-refractivity contribution is -0.122. The van der Waals surface area contributed by atoms with Crippen LogP contribution in [0.5, 0.6) is 0 Å². The second-order valence-electron chi connectivity index (χ2n) is 4.87. The Morgan fingerprint density at radius 3 is 2.56 bits per heavy atom. The van der Waals surface area contributed by atoms with Crippen molar-refractivity contribution in [3.63, 3.8) is 0 Å². The van der Waals surface area contributed by atoms with Gasteiger partial charge in [0.25, 0.3) is 0 Å². The zero-order valence-electron chi connectivity index (χ0n) is 10.3. The Bertz CT molecular complexity index is 200. The summed E-state index contributed by atoms with van der Waals surface area (Å²) >= 11 is 5.56. The highest BCUT2D eigenvalue weighted by molar-refractivity contribution is 6.17. The third-order valence-corrected chi connectivity index (χ3v) is 3.71. The van der Waals surface area contributed by atoms with E-state index in [0.29, 0.717) is 18.3 Å². The maximum absolute atomic E-state index is 11.5. The molecular formula is C13H24ClNO. The predicted molar refractivity (Wildman–Crippen MR) is 68.8 cm³/mol. The fraction of sp³-hybridized carbons (Fsp3) is 0.923. The lowest BCUT2D eigenvalue weighted by atomic mass is 9.83. The summed E-state index contributed by atoms with van der Waals surface area (Å²) in [6.07, 6.45) is 8.92. The minimum atomic E-state index is 0.180. The molecule has 2 nitrogen and oxygen atoms in total. The molecule has 1 amide bonds. The molecule has 0 bridgehead atoms. The van der Waals surface area contributed by atoms with Gasteiger partial charge in [0, 0.05) is 18.3 Å². The SMILES string of the molecule is CCCC1CCC(NC(=O)CCCCl)CC1. The smallest absolute Gasteiger partial charge is 0.220 e. The van der Waals surface area contributed by atoms with Crippen LogP contribution in [0.1, 0.15) is 58.3 Å². The standard InChI is InChI=1S/C13H24ClNO/c1-2-4-11-6-8-12(9-7-11)15-13(16)5-3-10-14/h11-12H,2-10H2,1H3,(H,15,16). The summed E-state index contributed by atoms with van der Waals surface area (Å²) < 4.78 is 0. The van der Waals surface area contributed by atoms with Crippen LogP contribution >= 0.6 is 11.6 Å². The average molecular weight is 246 g/mol. The summed E-state index contributed by atoms with van der Waals surface area (Å²) in [6.45, 7) is 2.25. The zero-order valence-corrected chi connectivity index (χ0v) is 11.1. The molecule has 0 aliphatic heterocycles. The highest BCUT2D eigenvalue weighted by Gasteiger charge is 2.21. The van der Waals surface area contributed by atoms with Crippen molar-refractivity contribution in [1.29, 1.82) is 0 Å². The number of hydrogen-bond acceptors (Lipinski definition) is 1. The van der Waals surface area contributed by atoms with E-state index in [0.717, 1.165) is 25.2 Å². The van der Waals surface area contributed by atoms with Crippen molar-refractivity contribution < 1.29 is 4.79 Å². The van der Waals surface area contributed by atoms with Crippen LogP contribution in [0.3, 0.4) is 0 Å². The molecule has 0 aromatic rings. The summed E-state index contributed by atoms with van der Waals surface area (Å²) in [7, 11) is 0. The Kier molecular flexibility index (Phi) is 6.86. The summed E-state index contributed by atoms with van der Waals surface area (Å²) in [5.74, 6) is 1.66. The van der Waals surface area contributed by atoms with E-state index in [1.807, 2.05) is 0 Å². The second kappa shape index (κ2) is 7.94. The molecule has 0 aromatic carbocycles. The van der Waals surface area contributed by atoms with Crippen LogP contribution in [-0.4, -0.2) is 17.8 Å². The third kappa shape index (κ3) is 5.20. The molecule has 0 unspecified atom stereocenters. The number of carbonyl (C=O) groups is 1. The number of amides is 1. The number of hydrogen-bond donors (Lipinski definition) is 1. The molecule has 1 saturated carbocycles.